The normalized spacial score (nSPS) is 26.2. The molecule has 0 radical (unpaired) electrons. The van der Waals surface area contributed by atoms with E-state index < -0.39 is 6.04 Å². The number of ether oxygens (including phenoxy) is 1. The number of rotatable bonds is 5. The van der Waals surface area contributed by atoms with Gasteiger partial charge in [-0.3, -0.25) is 9.59 Å². The maximum Gasteiger partial charge on any atom is 0.237 e. The summed E-state index contributed by atoms with van der Waals surface area (Å²) in [6.45, 7) is 2.43. The van der Waals surface area contributed by atoms with Crippen LogP contribution in [-0.4, -0.2) is 36.5 Å². The Labute approximate surface area is 142 Å². The van der Waals surface area contributed by atoms with Gasteiger partial charge in [0.15, 0.2) is 0 Å². The number of piperazine rings is 1. The predicted octanol–water partition coefficient (Wildman–Crippen LogP) is 1.81. The topological polar surface area (TPSA) is 79.5 Å². The Balaban J connectivity index is 1.59. The van der Waals surface area contributed by atoms with Crippen molar-refractivity contribution in [3.8, 4) is 5.75 Å². The van der Waals surface area contributed by atoms with E-state index in [1.807, 2.05) is 25.1 Å². The van der Waals surface area contributed by atoms with Crippen LogP contribution < -0.4 is 20.7 Å². The first-order chi connectivity index (χ1) is 11.7. The van der Waals surface area contributed by atoms with Crippen LogP contribution in [-0.2, 0) is 9.59 Å². The molecule has 1 heterocycles. The lowest BCUT2D eigenvalue weighted by Crippen LogP contribution is -2.65. The first kappa shape index (κ1) is 16.8. The molecule has 1 saturated carbocycles. The summed E-state index contributed by atoms with van der Waals surface area (Å²) in [6.07, 6.45) is 4.52. The molecule has 1 saturated heterocycles. The fourth-order valence-electron chi connectivity index (χ4n) is 3.51. The van der Waals surface area contributed by atoms with Gasteiger partial charge in [-0.15, -0.1) is 0 Å². The lowest BCUT2D eigenvalue weighted by molar-refractivity contribution is -0.129. The largest absolute Gasteiger partial charge is 0.492 e. The molecule has 2 aliphatic rings. The fraction of sp³-hybridized carbons (Fsp3) is 0.556. The Morgan fingerprint density at radius 1 is 1.25 bits per heavy atom. The van der Waals surface area contributed by atoms with E-state index in [2.05, 4.69) is 16.0 Å². The van der Waals surface area contributed by atoms with Crippen LogP contribution in [0.15, 0.2) is 24.3 Å². The summed E-state index contributed by atoms with van der Waals surface area (Å²) >= 11 is 0. The third-order valence-corrected chi connectivity index (χ3v) is 4.68. The van der Waals surface area contributed by atoms with Gasteiger partial charge in [0.25, 0.3) is 0 Å². The van der Waals surface area contributed by atoms with Crippen molar-refractivity contribution >= 4 is 17.5 Å². The average molecular weight is 331 g/mol. The van der Waals surface area contributed by atoms with Crippen molar-refractivity contribution < 1.29 is 14.3 Å². The molecule has 3 rings (SSSR count). The molecule has 0 spiro atoms. The molecule has 0 bridgehead atoms. The fourth-order valence-corrected chi connectivity index (χ4v) is 3.51. The maximum atomic E-state index is 12.4. The second-order valence-corrected chi connectivity index (χ2v) is 6.41. The van der Waals surface area contributed by atoms with E-state index in [0.29, 0.717) is 18.0 Å². The molecule has 130 valence electrons. The molecule has 6 heteroatoms. The minimum atomic E-state index is -0.469. The van der Waals surface area contributed by atoms with Crippen LogP contribution in [0, 0.1) is 0 Å². The van der Waals surface area contributed by atoms with E-state index in [9.17, 15) is 9.59 Å². The number of para-hydroxylation sites is 2. The highest BCUT2D eigenvalue weighted by atomic mass is 16.5. The SMILES string of the molecule is CCOc1ccccc1NC(=O)CC1NC2CCCCC2NC1=O. The Morgan fingerprint density at radius 2 is 2.00 bits per heavy atom. The Bertz CT molecular complexity index is 605. The van der Waals surface area contributed by atoms with Crippen molar-refractivity contribution in [2.45, 2.75) is 57.2 Å². The Kier molecular flexibility index (Phi) is 5.35. The number of nitrogens with one attached hydrogen (secondary N) is 3. The molecule has 2 fully saturated rings. The predicted molar refractivity (Wildman–Crippen MR) is 92.0 cm³/mol. The van der Waals surface area contributed by atoms with Crippen molar-refractivity contribution in [2.75, 3.05) is 11.9 Å². The first-order valence-corrected chi connectivity index (χ1v) is 8.75. The standard InChI is InChI=1S/C18H25N3O3/c1-2-24-16-10-6-5-9-14(16)20-17(22)11-15-18(23)21-13-8-4-3-7-12(13)19-15/h5-6,9-10,12-13,15,19H,2-4,7-8,11H2,1H3,(H,20,22)(H,21,23). The molecule has 0 aromatic heterocycles. The third-order valence-electron chi connectivity index (χ3n) is 4.68. The molecule has 6 nitrogen and oxygen atoms in total. The Hall–Kier alpha value is -2.08. The van der Waals surface area contributed by atoms with Crippen molar-refractivity contribution in [1.82, 2.24) is 10.6 Å². The van der Waals surface area contributed by atoms with Crippen molar-refractivity contribution in [2.24, 2.45) is 0 Å². The van der Waals surface area contributed by atoms with Crippen LogP contribution in [0.25, 0.3) is 0 Å². The van der Waals surface area contributed by atoms with Gasteiger partial charge in [-0.25, -0.2) is 0 Å². The lowest BCUT2D eigenvalue weighted by Gasteiger charge is -2.40. The summed E-state index contributed by atoms with van der Waals surface area (Å²) in [5.41, 5.74) is 0.635. The second kappa shape index (κ2) is 7.66. The van der Waals surface area contributed by atoms with Gasteiger partial charge in [-0.2, -0.15) is 0 Å². The zero-order chi connectivity index (χ0) is 16.9. The van der Waals surface area contributed by atoms with Crippen LogP contribution in [0.3, 0.4) is 0 Å². The highest BCUT2D eigenvalue weighted by molar-refractivity contribution is 5.96. The van der Waals surface area contributed by atoms with Crippen molar-refractivity contribution in [3.63, 3.8) is 0 Å². The zero-order valence-electron chi connectivity index (χ0n) is 14.0. The minimum Gasteiger partial charge on any atom is -0.492 e. The van der Waals surface area contributed by atoms with Crippen LogP contribution in [0.5, 0.6) is 5.75 Å². The van der Waals surface area contributed by atoms with E-state index in [4.69, 9.17) is 4.74 Å². The maximum absolute atomic E-state index is 12.4. The molecule has 2 amide bonds. The van der Waals surface area contributed by atoms with Crippen molar-refractivity contribution in [1.29, 1.82) is 0 Å². The quantitative estimate of drug-likeness (QED) is 0.769. The van der Waals surface area contributed by atoms with E-state index in [1.54, 1.807) is 6.07 Å². The van der Waals surface area contributed by atoms with Gasteiger partial charge in [-0.05, 0) is 31.9 Å². The van der Waals surface area contributed by atoms with Gasteiger partial charge in [0.1, 0.15) is 5.75 Å². The number of carbonyl (C=O) groups excluding carboxylic acids is 2. The van der Waals surface area contributed by atoms with Crippen LogP contribution >= 0.6 is 0 Å². The monoisotopic (exact) mass is 331 g/mol. The van der Waals surface area contributed by atoms with E-state index in [1.165, 1.54) is 6.42 Å². The first-order valence-electron chi connectivity index (χ1n) is 8.75. The van der Waals surface area contributed by atoms with Crippen LogP contribution in [0.1, 0.15) is 39.0 Å². The average Bonchev–Trinajstić information content (AvgIpc) is 2.57. The number of benzene rings is 1. The molecule has 1 aliphatic carbocycles. The minimum absolute atomic E-state index is 0.0774. The highest BCUT2D eigenvalue weighted by Crippen LogP contribution is 2.25. The molecule has 1 aliphatic heterocycles. The Morgan fingerprint density at radius 3 is 2.79 bits per heavy atom. The molecule has 3 N–H and O–H groups in total. The molecule has 3 atom stereocenters. The summed E-state index contributed by atoms with van der Waals surface area (Å²) in [5.74, 6) is 0.372. The third kappa shape index (κ3) is 3.87. The van der Waals surface area contributed by atoms with Gasteiger partial charge in [-0.1, -0.05) is 25.0 Å². The van der Waals surface area contributed by atoms with Gasteiger partial charge in [0.2, 0.25) is 11.8 Å². The van der Waals surface area contributed by atoms with Gasteiger partial charge in [0, 0.05) is 12.1 Å². The number of hydrogen-bond donors (Lipinski definition) is 3. The number of fused-ring (bicyclic) bond motifs is 1. The zero-order valence-corrected chi connectivity index (χ0v) is 14.0. The lowest BCUT2D eigenvalue weighted by atomic mass is 9.87. The van der Waals surface area contributed by atoms with E-state index >= 15 is 0 Å². The van der Waals surface area contributed by atoms with E-state index in [0.717, 1.165) is 19.3 Å². The molecular formula is C18H25N3O3. The second-order valence-electron chi connectivity index (χ2n) is 6.41. The smallest absolute Gasteiger partial charge is 0.237 e. The van der Waals surface area contributed by atoms with Gasteiger partial charge in [0.05, 0.1) is 24.8 Å². The van der Waals surface area contributed by atoms with E-state index in [-0.39, 0.29) is 30.3 Å². The molecule has 24 heavy (non-hydrogen) atoms. The van der Waals surface area contributed by atoms with Crippen LogP contribution in [0.4, 0.5) is 5.69 Å². The number of hydrogen-bond acceptors (Lipinski definition) is 4. The number of amides is 2. The summed E-state index contributed by atoms with van der Waals surface area (Å²) in [6, 6.07) is 7.35. The number of anilines is 1. The number of carbonyl (C=O) groups is 2. The highest BCUT2D eigenvalue weighted by Gasteiger charge is 2.36. The molecular weight excluding hydrogens is 306 g/mol. The summed E-state index contributed by atoms with van der Waals surface area (Å²) < 4.78 is 5.51. The van der Waals surface area contributed by atoms with Gasteiger partial charge >= 0.3 is 0 Å². The molecule has 1 aromatic rings. The summed E-state index contributed by atoms with van der Waals surface area (Å²) in [7, 11) is 0. The van der Waals surface area contributed by atoms with Crippen molar-refractivity contribution in [3.05, 3.63) is 24.3 Å². The summed E-state index contributed by atoms with van der Waals surface area (Å²) in [5, 5.41) is 9.27. The molecule has 3 unspecified atom stereocenters. The summed E-state index contributed by atoms with van der Waals surface area (Å²) in [4.78, 5) is 24.6. The molecule has 1 aromatic carbocycles. The van der Waals surface area contributed by atoms with Gasteiger partial charge < -0.3 is 20.7 Å². The van der Waals surface area contributed by atoms with Crippen LogP contribution in [0.2, 0.25) is 0 Å².